The van der Waals surface area contributed by atoms with Gasteiger partial charge in [-0.1, -0.05) is 13.0 Å². The molecule has 0 radical (unpaired) electrons. The molecule has 0 aliphatic heterocycles. The number of ether oxygens (including phenoxy) is 1. The Morgan fingerprint density at radius 2 is 2.00 bits per heavy atom. The Kier molecular flexibility index (Phi) is 3.53. The standard InChI is InChI=1S/C15H20N2O/c1-9-5-6-13(18-4)15-14(9)10(2)7-12(17-15)11(3)8-16/h5-7,11H,8,16H2,1-4H3. The molecule has 1 atom stereocenters. The third kappa shape index (κ3) is 2.06. The van der Waals surface area contributed by atoms with Crippen molar-refractivity contribution in [3.8, 4) is 5.75 Å². The molecule has 2 rings (SSSR count). The molecule has 0 aliphatic rings. The molecule has 3 heteroatoms. The maximum Gasteiger partial charge on any atom is 0.145 e. The molecule has 0 spiro atoms. The summed E-state index contributed by atoms with van der Waals surface area (Å²) in [5.74, 6) is 1.09. The Morgan fingerprint density at radius 3 is 2.61 bits per heavy atom. The molecular formula is C15H20N2O. The highest BCUT2D eigenvalue weighted by Crippen LogP contribution is 2.30. The van der Waals surface area contributed by atoms with E-state index >= 15 is 0 Å². The Labute approximate surface area is 108 Å². The lowest BCUT2D eigenvalue weighted by Gasteiger charge is -2.14. The summed E-state index contributed by atoms with van der Waals surface area (Å²) in [4.78, 5) is 4.73. The first-order chi connectivity index (χ1) is 8.58. The van der Waals surface area contributed by atoms with Crippen LogP contribution in [-0.4, -0.2) is 18.6 Å². The van der Waals surface area contributed by atoms with Crippen molar-refractivity contribution in [2.75, 3.05) is 13.7 Å². The molecule has 0 amide bonds. The molecule has 1 heterocycles. The van der Waals surface area contributed by atoms with E-state index in [1.807, 2.05) is 6.07 Å². The van der Waals surface area contributed by atoms with Crippen LogP contribution in [0.25, 0.3) is 10.9 Å². The minimum Gasteiger partial charge on any atom is -0.494 e. The predicted octanol–water partition coefficient (Wildman–Crippen LogP) is 2.92. The highest BCUT2D eigenvalue weighted by Gasteiger charge is 2.13. The summed E-state index contributed by atoms with van der Waals surface area (Å²) < 4.78 is 5.41. The van der Waals surface area contributed by atoms with Crippen LogP contribution in [0.5, 0.6) is 5.75 Å². The minimum atomic E-state index is 0.262. The van der Waals surface area contributed by atoms with Crippen LogP contribution in [0.1, 0.15) is 29.7 Å². The quantitative estimate of drug-likeness (QED) is 0.903. The first-order valence-electron chi connectivity index (χ1n) is 6.23. The molecule has 1 aromatic heterocycles. The number of aromatic nitrogens is 1. The van der Waals surface area contributed by atoms with Gasteiger partial charge in [0.2, 0.25) is 0 Å². The minimum absolute atomic E-state index is 0.262. The number of rotatable bonds is 3. The molecule has 2 aromatic rings. The zero-order valence-corrected chi connectivity index (χ0v) is 11.4. The zero-order chi connectivity index (χ0) is 13.3. The van der Waals surface area contributed by atoms with Crippen LogP contribution in [0.4, 0.5) is 0 Å². The maximum absolute atomic E-state index is 5.73. The van der Waals surface area contributed by atoms with Gasteiger partial charge in [-0.15, -0.1) is 0 Å². The smallest absolute Gasteiger partial charge is 0.145 e. The van der Waals surface area contributed by atoms with Gasteiger partial charge in [0.1, 0.15) is 11.3 Å². The average molecular weight is 244 g/mol. The van der Waals surface area contributed by atoms with Crippen LogP contribution < -0.4 is 10.5 Å². The van der Waals surface area contributed by atoms with Crippen molar-refractivity contribution in [2.45, 2.75) is 26.7 Å². The van der Waals surface area contributed by atoms with E-state index in [-0.39, 0.29) is 5.92 Å². The van der Waals surface area contributed by atoms with Crippen LogP contribution >= 0.6 is 0 Å². The summed E-state index contributed by atoms with van der Waals surface area (Å²) in [6.07, 6.45) is 0. The monoisotopic (exact) mass is 244 g/mol. The largest absolute Gasteiger partial charge is 0.494 e. The number of aryl methyl sites for hydroxylation is 2. The summed E-state index contributed by atoms with van der Waals surface area (Å²) in [6.45, 7) is 6.91. The first kappa shape index (κ1) is 12.8. The molecule has 0 fully saturated rings. The number of fused-ring (bicyclic) bond motifs is 1. The highest BCUT2D eigenvalue weighted by atomic mass is 16.5. The van der Waals surface area contributed by atoms with E-state index in [2.05, 4.69) is 32.9 Å². The fourth-order valence-corrected chi connectivity index (χ4v) is 2.27. The van der Waals surface area contributed by atoms with Gasteiger partial charge >= 0.3 is 0 Å². The van der Waals surface area contributed by atoms with E-state index < -0.39 is 0 Å². The fraction of sp³-hybridized carbons (Fsp3) is 0.400. The van der Waals surface area contributed by atoms with Gasteiger partial charge in [-0.3, -0.25) is 0 Å². The van der Waals surface area contributed by atoms with E-state index in [9.17, 15) is 0 Å². The summed E-state index contributed by atoms with van der Waals surface area (Å²) >= 11 is 0. The van der Waals surface area contributed by atoms with Gasteiger partial charge in [0.15, 0.2) is 0 Å². The van der Waals surface area contributed by atoms with E-state index in [0.29, 0.717) is 6.54 Å². The Morgan fingerprint density at radius 1 is 1.28 bits per heavy atom. The maximum atomic E-state index is 5.73. The average Bonchev–Trinajstić information content (AvgIpc) is 2.37. The molecule has 2 N–H and O–H groups in total. The van der Waals surface area contributed by atoms with Crippen molar-refractivity contribution in [3.63, 3.8) is 0 Å². The van der Waals surface area contributed by atoms with Gasteiger partial charge < -0.3 is 10.5 Å². The van der Waals surface area contributed by atoms with Crippen LogP contribution in [0, 0.1) is 13.8 Å². The van der Waals surface area contributed by atoms with E-state index in [1.54, 1.807) is 7.11 Å². The summed E-state index contributed by atoms with van der Waals surface area (Å²) in [5, 5.41) is 1.18. The Bertz CT molecular complexity index is 578. The van der Waals surface area contributed by atoms with Crippen LogP contribution in [-0.2, 0) is 0 Å². The van der Waals surface area contributed by atoms with Crippen molar-refractivity contribution < 1.29 is 4.74 Å². The highest BCUT2D eigenvalue weighted by molar-refractivity contribution is 5.90. The Hall–Kier alpha value is -1.61. The fourth-order valence-electron chi connectivity index (χ4n) is 2.27. The van der Waals surface area contributed by atoms with Gasteiger partial charge in [0.05, 0.1) is 7.11 Å². The molecule has 0 saturated heterocycles. The topological polar surface area (TPSA) is 48.1 Å². The van der Waals surface area contributed by atoms with Crippen molar-refractivity contribution in [1.82, 2.24) is 4.98 Å². The lowest BCUT2D eigenvalue weighted by molar-refractivity contribution is 0.418. The Balaban J connectivity index is 2.77. The summed E-state index contributed by atoms with van der Waals surface area (Å²) in [5.41, 5.74) is 10.2. The van der Waals surface area contributed by atoms with Crippen molar-refractivity contribution >= 4 is 10.9 Å². The van der Waals surface area contributed by atoms with Gasteiger partial charge in [0, 0.05) is 23.5 Å². The number of nitrogens with two attached hydrogens (primary N) is 1. The summed E-state index contributed by atoms with van der Waals surface area (Å²) in [7, 11) is 1.68. The van der Waals surface area contributed by atoms with Gasteiger partial charge in [-0.05, 0) is 37.1 Å². The number of hydrogen-bond acceptors (Lipinski definition) is 3. The SMILES string of the molecule is COc1ccc(C)c2c(C)cc(C(C)CN)nc12. The molecule has 1 unspecified atom stereocenters. The van der Waals surface area contributed by atoms with Gasteiger partial charge in [0.25, 0.3) is 0 Å². The molecule has 18 heavy (non-hydrogen) atoms. The predicted molar refractivity (Wildman–Crippen MR) is 75.2 cm³/mol. The number of nitrogens with zero attached hydrogens (tertiary/aromatic N) is 1. The van der Waals surface area contributed by atoms with Crippen LogP contribution in [0.2, 0.25) is 0 Å². The third-order valence-corrected chi connectivity index (χ3v) is 3.43. The second-order valence-corrected chi connectivity index (χ2v) is 4.81. The van der Waals surface area contributed by atoms with Crippen LogP contribution in [0.3, 0.4) is 0 Å². The first-order valence-corrected chi connectivity index (χ1v) is 6.23. The summed E-state index contributed by atoms with van der Waals surface area (Å²) in [6, 6.07) is 6.18. The van der Waals surface area contributed by atoms with Crippen molar-refractivity contribution in [3.05, 3.63) is 35.0 Å². The number of benzene rings is 1. The lowest BCUT2D eigenvalue weighted by atomic mass is 9.99. The zero-order valence-electron chi connectivity index (χ0n) is 11.4. The molecule has 3 nitrogen and oxygen atoms in total. The van der Waals surface area contributed by atoms with Gasteiger partial charge in [-0.25, -0.2) is 4.98 Å². The molecular weight excluding hydrogens is 224 g/mol. The second kappa shape index (κ2) is 4.94. The number of pyridine rings is 1. The third-order valence-electron chi connectivity index (χ3n) is 3.43. The molecule has 0 bridgehead atoms. The molecule has 1 aromatic carbocycles. The van der Waals surface area contributed by atoms with Crippen molar-refractivity contribution in [1.29, 1.82) is 0 Å². The molecule has 96 valence electrons. The van der Waals surface area contributed by atoms with E-state index in [4.69, 9.17) is 15.5 Å². The van der Waals surface area contributed by atoms with E-state index in [1.165, 1.54) is 16.5 Å². The van der Waals surface area contributed by atoms with E-state index in [0.717, 1.165) is 17.0 Å². The van der Waals surface area contributed by atoms with Crippen molar-refractivity contribution in [2.24, 2.45) is 5.73 Å². The number of hydrogen-bond donors (Lipinski definition) is 1. The van der Waals surface area contributed by atoms with Gasteiger partial charge in [-0.2, -0.15) is 0 Å². The molecule has 0 saturated carbocycles. The second-order valence-electron chi connectivity index (χ2n) is 4.81. The normalized spacial score (nSPS) is 12.7. The number of methoxy groups -OCH3 is 1. The van der Waals surface area contributed by atoms with Crippen LogP contribution in [0.15, 0.2) is 18.2 Å². The molecule has 0 aliphatic carbocycles. The lowest BCUT2D eigenvalue weighted by Crippen LogP contribution is -2.11.